The van der Waals surface area contributed by atoms with Crippen LogP contribution in [0.5, 0.6) is 0 Å². The maximum Gasteiger partial charge on any atom is 0.256 e. The van der Waals surface area contributed by atoms with Crippen LogP contribution in [0.2, 0.25) is 0 Å². The fraction of sp³-hybridized carbons (Fsp3) is 0.200. The number of rotatable bonds is 3. The molecule has 0 aliphatic rings. The number of carbonyl (C=O) groups is 1. The molecule has 0 bridgehead atoms. The van der Waals surface area contributed by atoms with Gasteiger partial charge in [0.15, 0.2) is 0 Å². The first kappa shape index (κ1) is 18.3. The third-order valence-electron chi connectivity index (χ3n) is 3.90. The molecule has 134 valence electrons. The Morgan fingerprint density at radius 2 is 1.69 bits per heavy atom. The van der Waals surface area contributed by atoms with E-state index in [0.717, 1.165) is 10.2 Å². The third kappa shape index (κ3) is 4.02. The molecule has 6 heteroatoms. The molecule has 0 saturated carbocycles. The second-order valence-corrected chi connectivity index (χ2v) is 7.93. The summed E-state index contributed by atoms with van der Waals surface area (Å²) < 4.78 is 15.8. The van der Waals surface area contributed by atoms with Crippen LogP contribution in [0.25, 0.3) is 5.69 Å². The number of hydrogen-bond acceptors (Lipinski definition) is 2. The monoisotopic (exact) mass is 415 g/mol. The van der Waals surface area contributed by atoms with E-state index in [2.05, 4.69) is 26.3 Å². The number of halogens is 2. The summed E-state index contributed by atoms with van der Waals surface area (Å²) in [5, 5.41) is 7.52. The molecule has 2 aromatic carbocycles. The van der Waals surface area contributed by atoms with E-state index in [-0.39, 0.29) is 17.1 Å². The van der Waals surface area contributed by atoms with Crippen LogP contribution in [0.15, 0.2) is 59.1 Å². The molecule has 0 saturated heterocycles. The number of anilines is 1. The summed E-state index contributed by atoms with van der Waals surface area (Å²) in [5.41, 5.74) is 1.85. The van der Waals surface area contributed by atoms with Gasteiger partial charge in [-0.3, -0.25) is 4.79 Å². The zero-order chi connectivity index (χ0) is 18.9. The van der Waals surface area contributed by atoms with Crippen molar-refractivity contribution in [2.24, 2.45) is 0 Å². The summed E-state index contributed by atoms with van der Waals surface area (Å²) in [6.45, 7) is 6.14. The molecule has 1 N–H and O–H groups in total. The average Bonchev–Trinajstić information content (AvgIpc) is 3.00. The number of aromatic nitrogens is 2. The lowest BCUT2D eigenvalue weighted by Crippen LogP contribution is -2.15. The van der Waals surface area contributed by atoms with Crippen molar-refractivity contribution in [1.29, 1.82) is 0 Å². The summed E-state index contributed by atoms with van der Waals surface area (Å²) in [7, 11) is 0. The standard InChI is InChI=1S/C20H19BrFN3O/c1-20(2,3)17-12-18(23-19(26)13-4-6-14(21)7-5-13)25(24-17)16-10-8-15(22)9-11-16/h4-12H,1-3H3,(H,23,26). The number of amides is 1. The molecular weight excluding hydrogens is 397 g/mol. The Hall–Kier alpha value is -2.47. The molecule has 0 aliphatic carbocycles. The number of benzene rings is 2. The lowest BCUT2D eigenvalue weighted by Gasteiger charge is -2.14. The van der Waals surface area contributed by atoms with Crippen molar-refractivity contribution in [3.8, 4) is 5.69 Å². The smallest absolute Gasteiger partial charge is 0.256 e. The van der Waals surface area contributed by atoms with E-state index in [1.807, 2.05) is 39.0 Å². The van der Waals surface area contributed by atoms with Crippen molar-refractivity contribution in [3.63, 3.8) is 0 Å². The molecule has 3 aromatic rings. The Morgan fingerprint density at radius 1 is 1.08 bits per heavy atom. The predicted molar refractivity (Wildman–Crippen MR) is 104 cm³/mol. The molecule has 1 heterocycles. The van der Waals surface area contributed by atoms with Crippen molar-refractivity contribution in [3.05, 3.63) is 76.1 Å². The van der Waals surface area contributed by atoms with Crippen LogP contribution in [0.1, 0.15) is 36.8 Å². The van der Waals surface area contributed by atoms with Crippen LogP contribution in [-0.4, -0.2) is 15.7 Å². The number of hydrogen-bond donors (Lipinski definition) is 1. The summed E-state index contributed by atoms with van der Waals surface area (Å²) in [6.07, 6.45) is 0. The Balaban J connectivity index is 1.99. The SMILES string of the molecule is CC(C)(C)c1cc(NC(=O)c2ccc(Br)cc2)n(-c2ccc(F)cc2)n1. The number of nitrogens with one attached hydrogen (secondary N) is 1. The van der Waals surface area contributed by atoms with Crippen LogP contribution < -0.4 is 5.32 Å². The maximum atomic E-state index is 13.3. The molecule has 0 fully saturated rings. The van der Waals surface area contributed by atoms with Gasteiger partial charge in [-0.15, -0.1) is 0 Å². The molecule has 0 atom stereocenters. The fourth-order valence-electron chi connectivity index (χ4n) is 2.41. The Labute approximate surface area is 160 Å². The second-order valence-electron chi connectivity index (χ2n) is 7.01. The van der Waals surface area contributed by atoms with Crippen LogP contribution in [0.3, 0.4) is 0 Å². The van der Waals surface area contributed by atoms with Gasteiger partial charge in [-0.25, -0.2) is 9.07 Å². The highest BCUT2D eigenvalue weighted by Gasteiger charge is 2.21. The second kappa shape index (κ2) is 7.03. The first-order chi connectivity index (χ1) is 12.2. The summed E-state index contributed by atoms with van der Waals surface area (Å²) in [6, 6.07) is 14.9. The highest BCUT2D eigenvalue weighted by molar-refractivity contribution is 9.10. The Kier molecular flexibility index (Phi) is 4.96. The molecular formula is C20H19BrFN3O. The highest BCUT2D eigenvalue weighted by atomic mass is 79.9. The molecule has 3 rings (SSSR count). The van der Waals surface area contributed by atoms with Gasteiger partial charge in [0.1, 0.15) is 11.6 Å². The number of carbonyl (C=O) groups excluding carboxylic acids is 1. The van der Waals surface area contributed by atoms with E-state index < -0.39 is 0 Å². The minimum absolute atomic E-state index is 0.192. The topological polar surface area (TPSA) is 46.9 Å². The molecule has 0 spiro atoms. The van der Waals surface area contributed by atoms with Gasteiger partial charge in [-0.05, 0) is 48.5 Å². The normalized spacial score (nSPS) is 11.4. The lowest BCUT2D eigenvalue weighted by atomic mass is 9.92. The minimum atomic E-state index is -0.322. The van der Waals surface area contributed by atoms with E-state index in [1.54, 1.807) is 28.9 Å². The van der Waals surface area contributed by atoms with Gasteiger partial charge < -0.3 is 5.32 Å². The van der Waals surface area contributed by atoms with Gasteiger partial charge in [0.05, 0.1) is 11.4 Å². The quantitative estimate of drug-likeness (QED) is 0.628. The van der Waals surface area contributed by atoms with Crippen molar-refractivity contribution >= 4 is 27.7 Å². The van der Waals surface area contributed by atoms with E-state index in [1.165, 1.54) is 12.1 Å². The zero-order valence-corrected chi connectivity index (χ0v) is 16.3. The summed E-state index contributed by atoms with van der Waals surface area (Å²) in [4.78, 5) is 12.6. The van der Waals surface area contributed by atoms with Gasteiger partial charge in [0, 0.05) is 21.5 Å². The number of nitrogens with zero attached hydrogens (tertiary/aromatic N) is 2. The van der Waals surface area contributed by atoms with Crippen LogP contribution >= 0.6 is 15.9 Å². The molecule has 0 aliphatic heterocycles. The van der Waals surface area contributed by atoms with Gasteiger partial charge >= 0.3 is 0 Å². The van der Waals surface area contributed by atoms with Crippen LogP contribution in [-0.2, 0) is 5.41 Å². The Morgan fingerprint density at radius 3 is 2.27 bits per heavy atom. The van der Waals surface area contributed by atoms with Gasteiger partial charge in [-0.1, -0.05) is 36.7 Å². The van der Waals surface area contributed by atoms with Crippen molar-refractivity contribution < 1.29 is 9.18 Å². The van der Waals surface area contributed by atoms with Crippen molar-refractivity contribution in [2.45, 2.75) is 26.2 Å². The molecule has 0 unspecified atom stereocenters. The minimum Gasteiger partial charge on any atom is -0.306 e. The first-order valence-electron chi connectivity index (χ1n) is 8.17. The molecule has 4 nitrogen and oxygen atoms in total. The largest absolute Gasteiger partial charge is 0.306 e. The van der Waals surface area contributed by atoms with Crippen molar-refractivity contribution in [1.82, 2.24) is 9.78 Å². The third-order valence-corrected chi connectivity index (χ3v) is 4.43. The summed E-state index contributed by atoms with van der Waals surface area (Å²) in [5.74, 6) is -0.0203. The Bertz CT molecular complexity index is 925. The molecule has 1 amide bonds. The van der Waals surface area contributed by atoms with Gasteiger partial charge in [0.25, 0.3) is 5.91 Å². The fourth-order valence-corrected chi connectivity index (χ4v) is 2.67. The average molecular weight is 416 g/mol. The van der Waals surface area contributed by atoms with E-state index in [0.29, 0.717) is 17.1 Å². The zero-order valence-electron chi connectivity index (χ0n) is 14.8. The van der Waals surface area contributed by atoms with Gasteiger partial charge in [0.2, 0.25) is 0 Å². The lowest BCUT2D eigenvalue weighted by molar-refractivity contribution is 0.102. The van der Waals surface area contributed by atoms with Crippen LogP contribution in [0, 0.1) is 5.82 Å². The van der Waals surface area contributed by atoms with E-state index >= 15 is 0 Å². The maximum absolute atomic E-state index is 13.3. The van der Waals surface area contributed by atoms with Gasteiger partial charge in [-0.2, -0.15) is 5.10 Å². The molecule has 1 aromatic heterocycles. The predicted octanol–water partition coefficient (Wildman–Crippen LogP) is 5.32. The van der Waals surface area contributed by atoms with E-state index in [9.17, 15) is 9.18 Å². The van der Waals surface area contributed by atoms with E-state index in [4.69, 9.17) is 0 Å². The summed E-state index contributed by atoms with van der Waals surface area (Å²) >= 11 is 3.36. The first-order valence-corrected chi connectivity index (χ1v) is 8.97. The van der Waals surface area contributed by atoms with Crippen LogP contribution in [0.4, 0.5) is 10.2 Å². The van der Waals surface area contributed by atoms with Crippen molar-refractivity contribution in [2.75, 3.05) is 5.32 Å². The molecule has 0 radical (unpaired) electrons. The highest BCUT2D eigenvalue weighted by Crippen LogP contribution is 2.26. The molecule has 26 heavy (non-hydrogen) atoms.